The molecule has 0 heterocycles. The second kappa shape index (κ2) is 64.0. The second-order valence-electron chi connectivity index (χ2n) is 22.4. The van der Waals surface area contributed by atoms with Gasteiger partial charge >= 0.3 is 0 Å². The Balaban J connectivity index is 3.06. The normalized spacial score (nSPS) is 11.7. The Hall–Kier alpha value is -0.0400. The van der Waals surface area contributed by atoms with Crippen molar-refractivity contribution in [2.24, 2.45) is 5.73 Å². The summed E-state index contributed by atoms with van der Waals surface area (Å²) in [6.07, 6.45) is 91.7. The van der Waals surface area contributed by atoms with Crippen LogP contribution in [0.2, 0.25) is 0 Å². The van der Waals surface area contributed by atoms with Crippen molar-refractivity contribution in [3.05, 3.63) is 0 Å². The Labute approximate surface area is 415 Å². The zero-order valence-corrected chi connectivity index (χ0v) is 46.1. The third kappa shape index (κ3) is 64.0. The molecule has 1 heteroatoms. The molecule has 0 radical (unpaired) electrons. The van der Waals surface area contributed by atoms with Gasteiger partial charge in [0.15, 0.2) is 0 Å². The van der Waals surface area contributed by atoms with Gasteiger partial charge < -0.3 is 5.73 Å². The van der Waals surface area contributed by atoms with Crippen LogP contribution in [0.15, 0.2) is 0 Å². The minimum Gasteiger partial charge on any atom is -0.330 e. The highest BCUT2D eigenvalue weighted by Crippen LogP contribution is 2.20. The number of hydrogen-bond donors (Lipinski definition) is 1. The van der Waals surface area contributed by atoms with Gasteiger partial charge in [0.1, 0.15) is 0 Å². The average molecular weight is 915 g/mol. The summed E-state index contributed by atoms with van der Waals surface area (Å²) < 4.78 is 0. The van der Waals surface area contributed by atoms with Crippen LogP contribution in [0.1, 0.15) is 405 Å². The standard InChI is InChI=1S/C64H131N/c1-2-3-4-5-6-7-8-9-10-11-12-13-14-15-16-17-18-19-20-21-22-23-24-25-26-27-28-29-30-31-32-33-34-35-36-37-38-39-40-41-42-43-44-45-46-47-48-49-50-51-52-53-54-55-56-57-58-59-60-61-62-63-64-65/h2-65H2,1H3. The lowest BCUT2D eigenvalue weighted by Gasteiger charge is -2.05. The van der Waals surface area contributed by atoms with Gasteiger partial charge in [-0.05, 0) is 13.0 Å². The van der Waals surface area contributed by atoms with E-state index in [1.807, 2.05) is 0 Å². The van der Waals surface area contributed by atoms with E-state index in [2.05, 4.69) is 6.92 Å². The molecule has 0 aromatic rings. The van der Waals surface area contributed by atoms with Gasteiger partial charge in [-0.15, -0.1) is 0 Å². The number of hydrogen-bond acceptors (Lipinski definition) is 1. The fourth-order valence-electron chi connectivity index (χ4n) is 10.8. The molecule has 0 atom stereocenters. The Morgan fingerprint density at radius 2 is 0.200 bits per heavy atom. The second-order valence-corrected chi connectivity index (χ2v) is 22.4. The fraction of sp³-hybridized carbons (Fsp3) is 1.00. The minimum atomic E-state index is 0.875. The van der Waals surface area contributed by atoms with E-state index in [4.69, 9.17) is 5.73 Å². The van der Waals surface area contributed by atoms with E-state index >= 15 is 0 Å². The largest absolute Gasteiger partial charge is 0.330 e. The molecule has 0 unspecified atom stereocenters. The van der Waals surface area contributed by atoms with E-state index in [1.165, 1.54) is 398 Å². The summed E-state index contributed by atoms with van der Waals surface area (Å²) in [6.45, 7) is 3.19. The van der Waals surface area contributed by atoms with Crippen molar-refractivity contribution in [2.75, 3.05) is 6.54 Å². The van der Waals surface area contributed by atoms with Crippen LogP contribution in [-0.4, -0.2) is 6.54 Å². The van der Waals surface area contributed by atoms with Gasteiger partial charge in [0.25, 0.3) is 0 Å². The van der Waals surface area contributed by atoms with E-state index in [0.717, 1.165) is 6.54 Å². The van der Waals surface area contributed by atoms with E-state index in [-0.39, 0.29) is 0 Å². The average Bonchev–Trinajstić information content (AvgIpc) is 3.32. The quantitative estimate of drug-likeness (QED) is 0.0605. The lowest BCUT2D eigenvalue weighted by molar-refractivity contribution is 0.506. The molecule has 0 saturated heterocycles. The summed E-state index contributed by atoms with van der Waals surface area (Å²) in [5.41, 5.74) is 5.57. The topological polar surface area (TPSA) is 26.0 Å². The van der Waals surface area contributed by atoms with Crippen molar-refractivity contribution in [3.63, 3.8) is 0 Å². The van der Waals surface area contributed by atoms with Gasteiger partial charge in [0.2, 0.25) is 0 Å². The van der Waals surface area contributed by atoms with Crippen molar-refractivity contribution < 1.29 is 0 Å². The van der Waals surface area contributed by atoms with Crippen molar-refractivity contribution in [2.45, 2.75) is 405 Å². The third-order valence-electron chi connectivity index (χ3n) is 15.6. The monoisotopic (exact) mass is 914 g/mol. The molecule has 2 N–H and O–H groups in total. The Morgan fingerprint density at radius 1 is 0.123 bits per heavy atom. The van der Waals surface area contributed by atoms with Gasteiger partial charge in [-0.3, -0.25) is 0 Å². The molecule has 0 aliphatic carbocycles. The molecular formula is C64H131N. The van der Waals surface area contributed by atoms with Crippen molar-refractivity contribution in [1.29, 1.82) is 0 Å². The maximum Gasteiger partial charge on any atom is -0.00773 e. The lowest BCUT2D eigenvalue weighted by Crippen LogP contribution is -1.97. The Bertz CT molecular complexity index is 699. The third-order valence-corrected chi connectivity index (χ3v) is 15.6. The molecule has 0 aromatic carbocycles. The molecule has 65 heavy (non-hydrogen) atoms. The van der Waals surface area contributed by atoms with Crippen LogP contribution in [0, 0.1) is 0 Å². The maximum atomic E-state index is 5.57. The molecule has 0 amide bonds. The smallest absolute Gasteiger partial charge is 0.00773 e. The van der Waals surface area contributed by atoms with Crippen LogP contribution in [-0.2, 0) is 0 Å². The SMILES string of the molecule is CCCCCCCCCCCCCCCCCCCCCCCCCCCCCCCCCCCCCCCCCCCCCCCCCCCCCCCCCCCCCCCCN. The molecule has 0 aliphatic heterocycles. The summed E-state index contributed by atoms with van der Waals surface area (Å²) >= 11 is 0. The zero-order valence-electron chi connectivity index (χ0n) is 46.1. The van der Waals surface area contributed by atoms with Crippen molar-refractivity contribution in [1.82, 2.24) is 0 Å². The summed E-state index contributed by atoms with van der Waals surface area (Å²) in [6, 6.07) is 0. The van der Waals surface area contributed by atoms with Crippen LogP contribution in [0.3, 0.4) is 0 Å². The van der Waals surface area contributed by atoms with E-state index in [0.29, 0.717) is 0 Å². The van der Waals surface area contributed by atoms with Crippen LogP contribution in [0.25, 0.3) is 0 Å². The van der Waals surface area contributed by atoms with Crippen LogP contribution < -0.4 is 5.73 Å². The molecule has 0 bridgehead atoms. The zero-order chi connectivity index (χ0) is 46.5. The first-order valence-electron chi connectivity index (χ1n) is 32.1. The highest BCUT2D eigenvalue weighted by atomic mass is 14.5. The number of nitrogens with two attached hydrogens (primary N) is 1. The highest BCUT2D eigenvalue weighted by Gasteiger charge is 2.00. The summed E-state index contributed by atoms with van der Waals surface area (Å²) in [4.78, 5) is 0. The molecular weight excluding hydrogens is 783 g/mol. The molecule has 0 saturated carbocycles. The van der Waals surface area contributed by atoms with Crippen LogP contribution in [0.4, 0.5) is 0 Å². The van der Waals surface area contributed by atoms with Crippen molar-refractivity contribution >= 4 is 0 Å². The Morgan fingerprint density at radius 3 is 0.277 bits per heavy atom. The Kier molecular flexibility index (Phi) is 63.9. The maximum absolute atomic E-state index is 5.57. The lowest BCUT2D eigenvalue weighted by atomic mass is 10.0. The van der Waals surface area contributed by atoms with Gasteiger partial charge in [0.05, 0.1) is 0 Å². The highest BCUT2D eigenvalue weighted by molar-refractivity contribution is 4.56. The molecule has 0 spiro atoms. The van der Waals surface area contributed by atoms with Crippen molar-refractivity contribution in [3.8, 4) is 0 Å². The van der Waals surface area contributed by atoms with E-state index in [1.54, 1.807) is 0 Å². The first-order chi connectivity index (χ1) is 32.4. The van der Waals surface area contributed by atoms with Gasteiger partial charge in [0, 0.05) is 0 Å². The molecule has 0 rings (SSSR count). The first-order valence-corrected chi connectivity index (χ1v) is 32.1. The predicted molar refractivity (Wildman–Crippen MR) is 301 cm³/mol. The molecule has 0 aliphatic rings. The fourth-order valence-corrected chi connectivity index (χ4v) is 10.8. The van der Waals surface area contributed by atoms with Crippen LogP contribution in [0.5, 0.6) is 0 Å². The number of unbranched alkanes of at least 4 members (excludes halogenated alkanes) is 61. The molecule has 0 fully saturated rings. The minimum absolute atomic E-state index is 0.875. The van der Waals surface area contributed by atoms with Gasteiger partial charge in [-0.2, -0.15) is 0 Å². The first kappa shape index (κ1) is 65.0. The summed E-state index contributed by atoms with van der Waals surface area (Å²) in [5.74, 6) is 0. The molecule has 392 valence electrons. The summed E-state index contributed by atoms with van der Waals surface area (Å²) in [7, 11) is 0. The van der Waals surface area contributed by atoms with Gasteiger partial charge in [-0.25, -0.2) is 0 Å². The molecule has 1 nitrogen and oxygen atoms in total. The predicted octanol–water partition coefficient (Wildman–Crippen LogP) is 24.2. The van der Waals surface area contributed by atoms with E-state index in [9.17, 15) is 0 Å². The number of rotatable bonds is 62. The van der Waals surface area contributed by atoms with Gasteiger partial charge in [-0.1, -0.05) is 399 Å². The summed E-state index contributed by atoms with van der Waals surface area (Å²) in [5, 5.41) is 0. The van der Waals surface area contributed by atoms with Crippen LogP contribution >= 0.6 is 0 Å². The molecule has 0 aromatic heterocycles. The van der Waals surface area contributed by atoms with E-state index < -0.39 is 0 Å².